The number of ether oxygens (including phenoxy) is 4. The van der Waals surface area contributed by atoms with Gasteiger partial charge in [-0.05, 0) is 37.6 Å². The van der Waals surface area contributed by atoms with Gasteiger partial charge in [-0.3, -0.25) is 14.4 Å². The predicted octanol–water partition coefficient (Wildman–Crippen LogP) is 2.08. The zero-order chi connectivity index (χ0) is 23.8. The topological polar surface area (TPSA) is 129 Å². The van der Waals surface area contributed by atoms with Crippen molar-refractivity contribution in [2.45, 2.75) is 13.8 Å². The van der Waals surface area contributed by atoms with E-state index in [-0.39, 0.29) is 11.1 Å². The average molecular weight is 464 g/mol. The summed E-state index contributed by atoms with van der Waals surface area (Å²) >= 11 is 1.22. The standard InChI is InChI=1S/C21H24N2O8S/c1-11-12(2)32-20(18(11)21(27)30-5)23-16(24)10-31-17(25)9-22-19(26)13-6-7-14(28-3)15(8-13)29-4/h6-8H,9-10H2,1-5H3,(H,22,26)(H,23,24). The summed E-state index contributed by atoms with van der Waals surface area (Å²) in [7, 11) is 4.16. The van der Waals surface area contributed by atoms with E-state index in [4.69, 9.17) is 18.9 Å². The summed E-state index contributed by atoms with van der Waals surface area (Å²) in [5, 5.41) is 5.26. The van der Waals surface area contributed by atoms with Gasteiger partial charge in [-0.25, -0.2) is 4.79 Å². The normalized spacial score (nSPS) is 10.2. The van der Waals surface area contributed by atoms with Crippen molar-refractivity contribution >= 4 is 40.1 Å². The number of benzene rings is 1. The Morgan fingerprint density at radius 1 is 1.00 bits per heavy atom. The molecule has 1 aromatic carbocycles. The summed E-state index contributed by atoms with van der Waals surface area (Å²) in [6, 6.07) is 4.54. The lowest BCUT2D eigenvalue weighted by atomic mass is 10.1. The number of aryl methyl sites for hydroxylation is 1. The first-order valence-electron chi connectivity index (χ1n) is 9.35. The van der Waals surface area contributed by atoms with Crippen LogP contribution in [0.4, 0.5) is 5.00 Å². The molecule has 172 valence electrons. The number of carbonyl (C=O) groups excluding carboxylic acids is 4. The first kappa shape index (κ1) is 24.7. The molecule has 0 bridgehead atoms. The summed E-state index contributed by atoms with van der Waals surface area (Å²) in [4.78, 5) is 49.1. The third-order valence-corrected chi connectivity index (χ3v) is 5.55. The molecular formula is C21H24N2O8S. The van der Waals surface area contributed by atoms with Gasteiger partial charge in [0.2, 0.25) is 0 Å². The number of anilines is 1. The zero-order valence-corrected chi connectivity index (χ0v) is 19.1. The molecule has 0 fully saturated rings. The fraction of sp³-hybridized carbons (Fsp3) is 0.333. The van der Waals surface area contributed by atoms with E-state index in [0.29, 0.717) is 22.1 Å². The van der Waals surface area contributed by atoms with Gasteiger partial charge in [-0.15, -0.1) is 11.3 Å². The lowest BCUT2D eigenvalue weighted by Crippen LogP contribution is -2.32. The monoisotopic (exact) mass is 464 g/mol. The van der Waals surface area contributed by atoms with Crippen LogP contribution in [-0.4, -0.2) is 58.2 Å². The van der Waals surface area contributed by atoms with Crippen molar-refractivity contribution in [3.63, 3.8) is 0 Å². The molecule has 0 saturated heterocycles. The predicted molar refractivity (Wildman–Crippen MR) is 117 cm³/mol. The van der Waals surface area contributed by atoms with Crippen molar-refractivity contribution in [1.82, 2.24) is 5.32 Å². The van der Waals surface area contributed by atoms with E-state index < -0.39 is 36.9 Å². The molecule has 1 heterocycles. The number of carbonyl (C=O) groups is 4. The van der Waals surface area contributed by atoms with E-state index in [9.17, 15) is 19.2 Å². The van der Waals surface area contributed by atoms with Crippen molar-refractivity contribution in [2.75, 3.05) is 39.8 Å². The lowest BCUT2D eigenvalue weighted by molar-refractivity contribution is -0.146. The van der Waals surface area contributed by atoms with E-state index in [1.807, 2.05) is 6.92 Å². The molecule has 2 amide bonds. The van der Waals surface area contributed by atoms with Crippen molar-refractivity contribution in [3.05, 3.63) is 39.8 Å². The molecule has 10 nitrogen and oxygen atoms in total. The fourth-order valence-electron chi connectivity index (χ4n) is 2.65. The van der Waals surface area contributed by atoms with Gasteiger partial charge in [0, 0.05) is 10.4 Å². The Labute approximate surface area is 188 Å². The quantitative estimate of drug-likeness (QED) is 0.540. The fourth-order valence-corrected chi connectivity index (χ4v) is 3.72. The molecule has 0 unspecified atom stereocenters. The Kier molecular flexibility index (Phi) is 8.59. The maximum atomic E-state index is 12.2. The van der Waals surface area contributed by atoms with Crippen LogP contribution < -0.4 is 20.1 Å². The van der Waals surface area contributed by atoms with Gasteiger partial charge in [-0.2, -0.15) is 0 Å². The van der Waals surface area contributed by atoms with Crippen LogP contribution in [0.15, 0.2) is 18.2 Å². The van der Waals surface area contributed by atoms with Gasteiger partial charge < -0.3 is 29.6 Å². The van der Waals surface area contributed by atoms with E-state index >= 15 is 0 Å². The van der Waals surface area contributed by atoms with Crippen LogP contribution in [0.5, 0.6) is 11.5 Å². The summed E-state index contributed by atoms with van der Waals surface area (Å²) in [6.07, 6.45) is 0. The summed E-state index contributed by atoms with van der Waals surface area (Å²) in [6.45, 7) is 2.53. The van der Waals surface area contributed by atoms with E-state index in [0.717, 1.165) is 4.88 Å². The van der Waals surface area contributed by atoms with Gasteiger partial charge in [0.15, 0.2) is 18.1 Å². The molecule has 2 N–H and O–H groups in total. The van der Waals surface area contributed by atoms with Crippen molar-refractivity contribution in [3.8, 4) is 11.5 Å². The summed E-state index contributed by atoms with van der Waals surface area (Å²) in [5.41, 5.74) is 1.22. The highest BCUT2D eigenvalue weighted by molar-refractivity contribution is 7.16. The molecule has 0 atom stereocenters. The molecule has 32 heavy (non-hydrogen) atoms. The number of amides is 2. The molecule has 11 heteroatoms. The molecule has 0 aliphatic rings. The molecular weight excluding hydrogens is 440 g/mol. The minimum absolute atomic E-state index is 0.256. The molecule has 1 aromatic heterocycles. The van der Waals surface area contributed by atoms with Crippen molar-refractivity contribution in [2.24, 2.45) is 0 Å². The van der Waals surface area contributed by atoms with Crippen LogP contribution in [0.1, 0.15) is 31.2 Å². The van der Waals surface area contributed by atoms with Crippen molar-refractivity contribution < 1.29 is 38.1 Å². The first-order valence-corrected chi connectivity index (χ1v) is 10.2. The maximum absolute atomic E-state index is 12.2. The second-order valence-corrected chi connectivity index (χ2v) is 7.66. The second-order valence-electron chi connectivity index (χ2n) is 6.44. The zero-order valence-electron chi connectivity index (χ0n) is 18.3. The number of esters is 2. The SMILES string of the molecule is COC(=O)c1c(NC(=O)COC(=O)CNC(=O)c2ccc(OC)c(OC)c2)sc(C)c1C. The maximum Gasteiger partial charge on any atom is 0.341 e. The minimum atomic E-state index is -0.805. The second kappa shape index (κ2) is 11.1. The van der Waals surface area contributed by atoms with Crippen LogP contribution in [0.3, 0.4) is 0 Å². The van der Waals surface area contributed by atoms with Crippen LogP contribution in [0.25, 0.3) is 0 Å². The van der Waals surface area contributed by atoms with Gasteiger partial charge >= 0.3 is 11.9 Å². The minimum Gasteiger partial charge on any atom is -0.493 e. The molecule has 2 rings (SSSR count). The van der Waals surface area contributed by atoms with Crippen molar-refractivity contribution in [1.29, 1.82) is 0 Å². The Morgan fingerprint density at radius 3 is 2.31 bits per heavy atom. The highest BCUT2D eigenvalue weighted by Gasteiger charge is 2.22. The molecule has 2 aromatic rings. The smallest absolute Gasteiger partial charge is 0.341 e. The summed E-state index contributed by atoms with van der Waals surface area (Å²) in [5.74, 6) is -1.71. The highest BCUT2D eigenvalue weighted by Crippen LogP contribution is 2.33. The first-order chi connectivity index (χ1) is 15.2. The van der Waals surface area contributed by atoms with E-state index in [1.165, 1.54) is 44.8 Å². The van der Waals surface area contributed by atoms with Crippen LogP contribution in [0.2, 0.25) is 0 Å². The van der Waals surface area contributed by atoms with Gasteiger partial charge in [0.1, 0.15) is 11.5 Å². The van der Waals surface area contributed by atoms with Crippen LogP contribution in [0, 0.1) is 13.8 Å². The van der Waals surface area contributed by atoms with Gasteiger partial charge in [0.25, 0.3) is 11.8 Å². The molecule has 0 aliphatic heterocycles. The number of methoxy groups -OCH3 is 3. The Morgan fingerprint density at radius 2 is 1.69 bits per heavy atom. The Hall–Kier alpha value is -3.60. The number of hydrogen-bond donors (Lipinski definition) is 2. The molecule has 0 aliphatic carbocycles. The third-order valence-electron chi connectivity index (χ3n) is 4.43. The number of thiophene rings is 1. The third kappa shape index (κ3) is 5.97. The number of hydrogen-bond acceptors (Lipinski definition) is 9. The Bertz CT molecular complexity index is 1030. The van der Waals surface area contributed by atoms with E-state index in [1.54, 1.807) is 13.0 Å². The number of rotatable bonds is 9. The van der Waals surface area contributed by atoms with Crippen LogP contribution in [-0.2, 0) is 19.1 Å². The van der Waals surface area contributed by atoms with E-state index in [2.05, 4.69) is 10.6 Å². The average Bonchev–Trinajstić information content (AvgIpc) is 3.07. The molecule has 0 saturated carbocycles. The summed E-state index contributed by atoms with van der Waals surface area (Å²) < 4.78 is 19.9. The highest BCUT2D eigenvalue weighted by atomic mass is 32.1. The Balaban J connectivity index is 1.87. The van der Waals surface area contributed by atoms with Gasteiger partial charge in [0.05, 0.1) is 26.9 Å². The lowest BCUT2D eigenvalue weighted by Gasteiger charge is -2.10. The van der Waals surface area contributed by atoms with Crippen LogP contribution >= 0.6 is 11.3 Å². The molecule has 0 spiro atoms. The number of nitrogens with one attached hydrogen (secondary N) is 2. The largest absolute Gasteiger partial charge is 0.493 e. The molecule has 0 radical (unpaired) electrons. The van der Waals surface area contributed by atoms with Gasteiger partial charge in [-0.1, -0.05) is 0 Å².